The molecule has 2 aromatic rings. The molecule has 0 bridgehead atoms. The number of halogens is 2. The molecule has 2 rings (SSSR count). The third kappa shape index (κ3) is 2.98. The summed E-state index contributed by atoms with van der Waals surface area (Å²) in [4.78, 5) is 17.9. The quantitative estimate of drug-likeness (QED) is 0.806. The van der Waals surface area contributed by atoms with Gasteiger partial charge in [-0.15, -0.1) is 0 Å². The Balaban J connectivity index is 2.30. The highest BCUT2D eigenvalue weighted by Gasteiger charge is 2.07. The van der Waals surface area contributed by atoms with Crippen LogP contribution in [0.3, 0.4) is 0 Å². The van der Waals surface area contributed by atoms with Gasteiger partial charge in [0.05, 0.1) is 0 Å². The number of nitrogens with zero attached hydrogens (tertiary/aromatic N) is 1. The van der Waals surface area contributed by atoms with Crippen LogP contribution in [-0.4, -0.2) is 15.1 Å². The summed E-state index contributed by atoms with van der Waals surface area (Å²) < 4.78 is 0.197. The molecule has 6 heteroatoms. The molecular formula is C11H8ClIN2O2. The minimum absolute atomic E-state index is 0.197. The molecule has 2 N–H and O–H groups in total. The Hall–Kier alpha value is -1.08. The van der Waals surface area contributed by atoms with Crippen molar-refractivity contribution in [2.75, 3.05) is 0 Å². The van der Waals surface area contributed by atoms with Gasteiger partial charge in [-0.05, 0) is 40.3 Å². The zero-order valence-corrected chi connectivity index (χ0v) is 11.5. The molecule has 0 amide bonds. The molecule has 4 nitrogen and oxygen atoms in total. The second-order valence-electron chi connectivity index (χ2n) is 3.45. The molecule has 0 spiro atoms. The minimum atomic E-state index is -0.331. The van der Waals surface area contributed by atoms with E-state index in [0.717, 1.165) is 5.56 Å². The summed E-state index contributed by atoms with van der Waals surface area (Å²) in [6.07, 6.45) is 0.441. The maximum absolute atomic E-state index is 11.4. The predicted molar refractivity (Wildman–Crippen MR) is 73.5 cm³/mol. The molecule has 0 aliphatic rings. The van der Waals surface area contributed by atoms with Gasteiger partial charge >= 0.3 is 0 Å². The Labute approximate surface area is 116 Å². The number of benzene rings is 1. The molecule has 0 unspecified atom stereocenters. The average Bonchev–Trinajstić information content (AvgIpc) is 2.29. The first-order valence-corrected chi connectivity index (χ1v) is 6.24. The monoisotopic (exact) mass is 362 g/mol. The van der Waals surface area contributed by atoms with Crippen LogP contribution in [0.5, 0.6) is 5.88 Å². The standard InChI is InChI=1S/C11H8ClIN2O2/c12-7-3-1-6(2-4-7)5-8-14-10(16)9(13)11(17)15-8/h1-4H,5H2,(H2,14,15,16,17). The SMILES string of the molecule is O=c1[nH]c(Cc2ccc(Cl)cc2)nc(O)c1I. The molecule has 1 aromatic carbocycles. The van der Waals surface area contributed by atoms with Crippen molar-refractivity contribution in [3.63, 3.8) is 0 Å². The highest BCUT2D eigenvalue weighted by molar-refractivity contribution is 14.1. The molecule has 0 aliphatic carbocycles. The molecule has 1 aromatic heterocycles. The zero-order chi connectivity index (χ0) is 12.4. The first-order valence-electron chi connectivity index (χ1n) is 4.78. The topological polar surface area (TPSA) is 66.0 Å². The van der Waals surface area contributed by atoms with E-state index in [1.807, 2.05) is 12.1 Å². The minimum Gasteiger partial charge on any atom is -0.492 e. The van der Waals surface area contributed by atoms with Crippen LogP contribution in [0, 0.1) is 3.57 Å². The van der Waals surface area contributed by atoms with Crippen LogP contribution in [0.15, 0.2) is 29.1 Å². The molecule has 0 fully saturated rings. The zero-order valence-electron chi connectivity index (χ0n) is 8.58. The third-order valence-corrected chi connectivity index (χ3v) is 3.40. The summed E-state index contributed by atoms with van der Waals surface area (Å²) in [6, 6.07) is 7.22. The Kier molecular flexibility index (Phi) is 3.68. The van der Waals surface area contributed by atoms with Crippen LogP contribution in [0.1, 0.15) is 11.4 Å². The maximum Gasteiger partial charge on any atom is 0.268 e. The first kappa shape index (κ1) is 12.4. The van der Waals surface area contributed by atoms with Crippen LogP contribution in [0.2, 0.25) is 5.02 Å². The van der Waals surface area contributed by atoms with Gasteiger partial charge in [0.2, 0.25) is 5.88 Å². The van der Waals surface area contributed by atoms with Crippen molar-refractivity contribution in [3.05, 3.63) is 54.6 Å². The van der Waals surface area contributed by atoms with Gasteiger partial charge < -0.3 is 10.1 Å². The van der Waals surface area contributed by atoms with E-state index in [0.29, 0.717) is 17.3 Å². The normalized spacial score (nSPS) is 10.5. The maximum atomic E-state index is 11.4. The number of hydrogen-bond acceptors (Lipinski definition) is 3. The van der Waals surface area contributed by atoms with Crippen LogP contribution >= 0.6 is 34.2 Å². The molecule has 0 saturated carbocycles. The Morgan fingerprint density at radius 1 is 1.35 bits per heavy atom. The van der Waals surface area contributed by atoms with E-state index < -0.39 is 0 Å². The third-order valence-electron chi connectivity index (χ3n) is 2.18. The average molecular weight is 363 g/mol. The van der Waals surface area contributed by atoms with Crippen LogP contribution in [-0.2, 0) is 6.42 Å². The van der Waals surface area contributed by atoms with Crippen molar-refractivity contribution in [1.82, 2.24) is 9.97 Å². The van der Waals surface area contributed by atoms with Crippen LogP contribution in [0.25, 0.3) is 0 Å². The summed E-state index contributed by atoms with van der Waals surface area (Å²) in [5.74, 6) is 0.188. The number of H-pyrrole nitrogens is 1. The lowest BCUT2D eigenvalue weighted by atomic mass is 10.1. The van der Waals surface area contributed by atoms with Crippen molar-refractivity contribution in [3.8, 4) is 5.88 Å². The van der Waals surface area contributed by atoms with Gasteiger partial charge in [-0.25, -0.2) is 0 Å². The molecule has 0 radical (unpaired) electrons. The number of rotatable bonds is 2. The molecule has 0 atom stereocenters. The summed E-state index contributed by atoms with van der Waals surface area (Å²) >= 11 is 7.52. The fraction of sp³-hybridized carbons (Fsp3) is 0.0909. The number of aromatic hydroxyl groups is 1. The van der Waals surface area contributed by atoms with Crippen molar-refractivity contribution >= 4 is 34.2 Å². The Morgan fingerprint density at radius 3 is 2.59 bits per heavy atom. The van der Waals surface area contributed by atoms with Crippen molar-refractivity contribution < 1.29 is 5.11 Å². The van der Waals surface area contributed by atoms with Gasteiger partial charge in [0.25, 0.3) is 5.56 Å². The second-order valence-corrected chi connectivity index (χ2v) is 4.97. The highest BCUT2D eigenvalue weighted by Crippen LogP contribution is 2.14. The molecular weight excluding hydrogens is 354 g/mol. The largest absolute Gasteiger partial charge is 0.492 e. The Bertz CT molecular complexity index is 595. The second kappa shape index (κ2) is 5.05. The van der Waals surface area contributed by atoms with E-state index in [-0.39, 0.29) is 15.0 Å². The first-order chi connectivity index (χ1) is 8.06. The fourth-order valence-electron chi connectivity index (χ4n) is 1.37. The van der Waals surface area contributed by atoms with Gasteiger partial charge in [0, 0.05) is 11.4 Å². The summed E-state index contributed by atoms with van der Waals surface area (Å²) in [6.45, 7) is 0. The number of hydrogen-bond donors (Lipinski definition) is 2. The summed E-state index contributed by atoms with van der Waals surface area (Å²) in [5.41, 5.74) is 0.625. The molecule has 0 saturated heterocycles. The van der Waals surface area contributed by atoms with E-state index in [2.05, 4.69) is 9.97 Å². The number of aromatic amines is 1. The number of aromatic nitrogens is 2. The van der Waals surface area contributed by atoms with Crippen molar-refractivity contribution in [1.29, 1.82) is 0 Å². The smallest absolute Gasteiger partial charge is 0.268 e. The van der Waals surface area contributed by atoms with E-state index in [1.54, 1.807) is 34.7 Å². The molecule has 17 heavy (non-hydrogen) atoms. The highest BCUT2D eigenvalue weighted by atomic mass is 127. The molecule has 1 heterocycles. The Morgan fingerprint density at radius 2 is 2.00 bits per heavy atom. The van der Waals surface area contributed by atoms with Gasteiger partial charge in [0.15, 0.2) is 0 Å². The predicted octanol–water partition coefficient (Wildman–Crippen LogP) is 2.32. The van der Waals surface area contributed by atoms with E-state index in [1.165, 1.54) is 0 Å². The number of nitrogens with one attached hydrogen (secondary N) is 1. The lowest BCUT2D eigenvalue weighted by molar-refractivity contribution is 0.443. The van der Waals surface area contributed by atoms with E-state index in [9.17, 15) is 9.90 Å². The van der Waals surface area contributed by atoms with E-state index in [4.69, 9.17) is 11.6 Å². The summed E-state index contributed by atoms with van der Waals surface area (Å²) in [7, 11) is 0. The van der Waals surface area contributed by atoms with Gasteiger partial charge in [-0.3, -0.25) is 4.79 Å². The van der Waals surface area contributed by atoms with Crippen molar-refractivity contribution in [2.24, 2.45) is 0 Å². The van der Waals surface area contributed by atoms with E-state index >= 15 is 0 Å². The lowest BCUT2D eigenvalue weighted by Gasteiger charge is -2.03. The van der Waals surface area contributed by atoms with Crippen LogP contribution < -0.4 is 5.56 Å². The summed E-state index contributed by atoms with van der Waals surface area (Å²) in [5, 5.41) is 10.1. The fourth-order valence-corrected chi connectivity index (χ4v) is 1.75. The molecule has 88 valence electrons. The molecule has 0 aliphatic heterocycles. The lowest BCUT2D eigenvalue weighted by Crippen LogP contribution is -2.14. The van der Waals surface area contributed by atoms with Gasteiger partial charge in [-0.2, -0.15) is 4.98 Å². The van der Waals surface area contributed by atoms with Gasteiger partial charge in [-0.1, -0.05) is 23.7 Å². The van der Waals surface area contributed by atoms with Crippen LogP contribution in [0.4, 0.5) is 0 Å². The van der Waals surface area contributed by atoms with Crippen molar-refractivity contribution in [2.45, 2.75) is 6.42 Å². The van der Waals surface area contributed by atoms with Gasteiger partial charge in [0.1, 0.15) is 9.39 Å².